The van der Waals surface area contributed by atoms with Gasteiger partial charge in [0.15, 0.2) is 0 Å². The molecule has 0 atom stereocenters. The van der Waals surface area contributed by atoms with Crippen LogP contribution in [0.25, 0.3) is 0 Å². The number of nitrogens with two attached hydrogens (primary N) is 1. The lowest BCUT2D eigenvalue weighted by molar-refractivity contribution is -0.110. The van der Waals surface area contributed by atoms with Crippen LogP contribution in [0, 0.1) is 5.82 Å². The van der Waals surface area contributed by atoms with Gasteiger partial charge in [-0.3, -0.25) is 4.79 Å². The largest absolute Gasteiger partial charge is 0.350 e. The van der Waals surface area contributed by atoms with Crippen LogP contribution < -0.4 is 16.5 Å². The van der Waals surface area contributed by atoms with Gasteiger partial charge in [0.1, 0.15) is 11.5 Å². The van der Waals surface area contributed by atoms with Crippen LogP contribution in [0.5, 0.6) is 0 Å². The Balaban J connectivity index is 2.63. The summed E-state index contributed by atoms with van der Waals surface area (Å²) in [6.07, 6.45) is 0. The summed E-state index contributed by atoms with van der Waals surface area (Å²) < 4.78 is 12.6. The monoisotopic (exact) mass is 238 g/mol. The lowest BCUT2D eigenvalue weighted by Crippen LogP contribution is -2.29. The van der Waals surface area contributed by atoms with Crippen molar-refractivity contribution >= 4 is 23.3 Å². The van der Waals surface area contributed by atoms with E-state index in [2.05, 4.69) is 10.4 Å². The molecular weight excluding hydrogens is 227 g/mol. The van der Waals surface area contributed by atoms with Crippen molar-refractivity contribution in [3.05, 3.63) is 30.1 Å². The third-order valence-electron chi connectivity index (χ3n) is 1.76. The molecule has 0 radical (unpaired) electrons. The molecule has 0 aromatic heterocycles. The highest BCUT2D eigenvalue weighted by atomic mass is 19.1. The summed E-state index contributed by atoms with van der Waals surface area (Å²) >= 11 is 0. The van der Waals surface area contributed by atoms with Gasteiger partial charge >= 0.3 is 6.03 Å². The number of nitrogens with one attached hydrogen (secondary N) is 2. The zero-order valence-electron chi connectivity index (χ0n) is 9.03. The summed E-state index contributed by atoms with van der Waals surface area (Å²) in [6, 6.07) is 4.37. The van der Waals surface area contributed by atoms with E-state index in [0.717, 1.165) is 0 Å². The summed E-state index contributed by atoms with van der Waals surface area (Å²) in [4.78, 5) is 21.8. The number of carbonyl (C=O) groups excluding carboxylic acids is 2. The maximum Gasteiger partial charge on any atom is 0.332 e. The highest BCUT2D eigenvalue weighted by Crippen LogP contribution is 2.07. The van der Waals surface area contributed by atoms with Gasteiger partial charge in [-0.05, 0) is 31.2 Å². The molecule has 7 heteroatoms. The SMILES string of the molecule is C/C(=N\NC(N)=O)C(=O)Nc1ccc(F)cc1. The molecule has 0 heterocycles. The fourth-order valence-electron chi connectivity index (χ4n) is 0.944. The van der Waals surface area contributed by atoms with Crippen molar-refractivity contribution < 1.29 is 14.0 Å². The first-order chi connectivity index (χ1) is 7.99. The van der Waals surface area contributed by atoms with E-state index in [0.29, 0.717) is 5.69 Å². The Morgan fingerprint density at radius 2 is 1.88 bits per heavy atom. The van der Waals surface area contributed by atoms with Crippen molar-refractivity contribution in [3.63, 3.8) is 0 Å². The van der Waals surface area contributed by atoms with Crippen molar-refractivity contribution in [2.24, 2.45) is 10.8 Å². The van der Waals surface area contributed by atoms with E-state index in [9.17, 15) is 14.0 Å². The van der Waals surface area contributed by atoms with Gasteiger partial charge in [-0.1, -0.05) is 0 Å². The zero-order chi connectivity index (χ0) is 12.8. The Kier molecular flexibility index (Phi) is 4.15. The molecule has 0 bridgehead atoms. The first-order valence-corrected chi connectivity index (χ1v) is 4.65. The molecule has 0 unspecified atom stereocenters. The third kappa shape index (κ3) is 4.29. The van der Waals surface area contributed by atoms with E-state index < -0.39 is 17.8 Å². The average molecular weight is 238 g/mol. The highest BCUT2D eigenvalue weighted by Gasteiger charge is 2.06. The Morgan fingerprint density at radius 1 is 1.29 bits per heavy atom. The van der Waals surface area contributed by atoms with E-state index in [4.69, 9.17) is 5.73 Å². The van der Waals surface area contributed by atoms with Gasteiger partial charge in [0, 0.05) is 5.69 Å². The predicted molar refractivity (Wildman–Crippen MR) is 60.9 cm³/mol. The Bertz CT molecular complexity index is 456. The molecule has 1 aromatic carbocycles. The summed E-state index contributed by atoms with van der Waals surface area (Å²) in [6.45, 7) is 1.40. The average Bonchev–Trinajstić information content (AvgIpc) is 2.28. The summed E-state index contributed by atoms with van der Waals surface area (Å²) in [7, 11) is 0. The van der Waals surface area contributed by atoms with Crippen molar-refractivity contribution in [2.75, 3.05) is 5.32 Å². The predicted octanol–water partition coefficient (Wildman–Crippen LogP) is 0.808. The summed E-state index contributed by atoms with van der Waals surface area (Å²) in [5.41, 5.74) is 7.15. The number of amides is 3. The van der Waals surface area contributed by atoms with Crippen LogP contribution >= 0.6 is 0 Å². The number of hydrogen-bond donors (Lipinski definition) is 3. The van der Waals surface area contributed by atoms with Crippen molar-refractivity contribution in [2.45, 2.75) is 6.92 Å². The van der Waals surface area contributed by atoms with Gasteiger partial charge in [0.05, 0.1) is 0 Å². The number of anilines is 1. The molecule has 0 aliphatic rings. The molecule has 90 valence electrons. The lowest BCUT2D eigenvalue weighted by Gasteiger charge is -2.04. The number of rotatable bonds is 3. The van der Waals surface area contributed by atoms with Crippen LogP contribution in [0.1, 0.15) is 6.92 Å². The molecule has 0 fully saturated rings. The van der Waals surface area contributed by atoms with Gasteiger partial charge in [-0.15, -0.1) is 0 Å². The van der Waals surface area contributed by atoms with E-state index in [1.165, 1.54) is 31.2 Å². The number of hydrogen-bond acceptors (Lipinski definition) is 3. The van der Waals surface area contributed by atoms with Crippen LogP contribution in [0.15, 0.2) is 29.4 Å². The van der Waals surface area contributed by atoms with E-state index in [1.807, 2.05) is 5.43 Å². The second kappa shape index (κ2) is 5.59. The minimum atomic E-state index is -0.862. The van der Waals surface area contributed by atoms with Gasteiger partial charge in [-0.2, -0.15) is 5.10 Å². The van der Waals surface area contributed by atoms with Gasteiger partial charge in [0.2, 0.25) is 0 Å². The number of hydrazone groups is 1. The van der Waals surface area contributed by atoms with Crippen LogP contribution in [0.3, 0.4) is 0 Å². The zero-order valence-corrected chi connectivity index (χ0v) is 9.03. The van der Waals surface area contributed by atoms with Crippen LogP contribution in [0.2, 0.25) is 0 Å². The normalized spacial score (nSPS) is 10.8. The van der Waals surface area contributed by atoms with E-state index in [1.54, 1.807) is 0 Å². The molecule has 0 spiro atoms. The summed E-state index contributed by atoms with van der Waals surface area (Å²) in [5, 5.41) is 5.91. The molecule has 1 rings (SSSR count). The molecule has 0 saturated carbocycles. The fraction of sp³-hybridized carbons (Fsp3) is 0.100. The maximum absolute atomic E-state index is 12.6. The number of carbonyl (C=O) groups is 2. The third-order valence-corrected chi connectivity index (χ3v) is 1.76. The molecular formula is C10H11FN4O2. The molecule has 4 N–H and O–H groups in total. The number of urea groups is 1. The van der Waals surface area contributed by atoms with Gasteiger partial charge < -0.3 is 11.1 Å². The number of primary amides is 1. The highest BCUT2D eigenvalue weighted by molar-refractivity contribution is 6.42. The maximum atomic E-state index is 12.6. The molecule has 1 aromatic rings. The summed E-state index contributed by atoms with van der Waals surface area (Å²) in [5.74, 6) is -0.922. The molecule has 0 saturated heterocycles. The van der Waals surface area contributed by atoms with Crippen molar-refractivity contribution in [3.8, 4) is 0 Å². The lowest BCUT2D eigenvalue weighted by atomic mass is 10.3. The Morgan fingerprint density at radius 3 is 2.41 bits per heavy atom. The second-order valence-electron chi connectivity index (χ2n) is 3.13. The minimum absolute atomic E-state index is 0.0214. The first-order valence-electron chi connectivity index (χ1n) is 4.65. The minimum Gasteiger partial charge on any atom is -0.350 e. The topological polar surface area (TPSA) is 96.6 Å². The smallest absolute Gasteiger partial charge is 0.332 e. The molecule has 17 heavy (non-hydrogen) atoms. The number of nitrogens with zero attached hydrogens (tertiary/aromatic N) is 1. The van der Waals surface area contributed by atoms with Gasteiger partial charge in [-0.25, -0.2) is 14.6 Å². The van der Waals surface area contributed by atoms with Crippen LogP contribution in [-0.4, -0.2) is 17.6 Å². The first kappa shape index (κ1) is 12.6. The van der Waals surface area contributed by atoms with Crippen molar-refractivity contribution in [1.82, 2.24) is 5.43 Å². The van der Waals surface area contributed by atoms with E-state index >= 15 is 0 Å². The molecule has 0 aliphatic carbocycles. The van der Waals surface area contributed by atoms with Crippen LogP contribution in [-0.2, 0) is 4.79 Å². The number of benzene rings is 1. The molecule has 3 amide bonds. The quantitative estimate of drug-likeness (QED) is 0.536. The van der Waals surface area contributed by atoms with E-state index in [-0.39, 0.29) is 5.71 Å². The van der Waals surface area contributed by atoms with Crippen molar-refractivity contribution in [1.29, 1.82) is 0 Å². The molecule has 0 aliphatic heterocycles. The van der Waals surface area contributed by atoms with Gasteiger partial charge in [0.25, 0.3) is 5.91 Å². The molecule has 6 nitrogen and oxygen atoms in total. The second-order valence-corrected chi connectivity index (χ2v) is 3.13. The Hall–Kier alpha value is -2.44. The standard InChI is InChI=1S/C10H11FN4O2/c1-6(14-15-10(12)17)9(16)13-8-4-2-7(11)3-5-8/h2-5H,1H3,(H,13,16)(H3,12,15,17)/b14-6+. The fourth-order valence-corrected chi connectivity index (χ4v) is 0.944. The Labute approximate surface area is 96.7 Å². The van der Waals surface area contributed by atoms with Crippen LogP contribution in [0.4, 0.5) is 14.9 Å². The number of halogens is 1.